The van der Waals surface area contributed by atoms with Crippen LogP contribution in [0.25, 0.3) is 0 Å². The van der Waals surface area contributed by atoms with E-state index in [1.165, 1.54) is 16.7 Å². The van der Waals surface area contributed by atoms with Gasteiger partial charge in [-0.2, -0.15) is 0 Å². The molecule has 0 unspecified atom stereocenters. The first-order valence-corrected chi connectivity index (χ1v) is 8.65. The molecule has 0 atom stereocenters. The number of fused-ring (bicyclic) bond motifs is 2. The van der Waals surface area contributed by atoms with Crippen LogP contribution in [0.2, 0.25) is 0 Å². The average Bonchev–Trinajstić information content (AvgIpc) is 2.78. The normalized spacial score (nSPS) is 17.3. The highest BCUT2D eigenvalue weighted by Crippen LogP contribution is 2.29. The first-order chi connectivity index (χ1) is 12.2. The molecule has 5 nitrogen and oxygen atoms in total. The number of hydrogen-bond donors (Lipinski definition) is 1. The standard InChI is InChI=1S/C20H21N3O2/c24-19(25)14-22-9-11-23(12-10-22)20-17-7-3-1-5-15(17)13-16-6-2-4-8-18(16)21-20/h1-8H,9-14H2,(H,24,25). The van der Waals surface area contributed by atoms with Gasteiger partial charge in [0, 0.05) is 38.2 Å². The number of benzene rings is 2. The second-order valence-corrected chi connectivity index (χ2v) is 6.55. The van der Waals surface area contributed by atoms with E-state index < -0.39 is 5.97 Å². The predicted octanol–water partition coefficient (Wildman–Crippen LogP) is 2.37. The monoisotopic (exact) mass is 335 g/mol. The summed E-state index contributed by atoms with van der Waals surface area (Å²) in [5, 5.41) is 8.98. The summed E-state index contributed by atoms with van der Waals surface area (Å²) in [5.41, 5.74) is 4.75. The van der Waals surface area contributed by atoms with E-state index in [1.807, 2.05) is 11.0 Å². The zero-order chi connectivity index (χ0) is 17.2. The van der Waals surface area contributed by atoms with Crippen LogP contribution in [-0.2, 0) is 11.2 Å². The molecule has 25 heavy (non-hydrogen) atoms. The van der Waals surface area contributed by atoms with Gasteiger partial charge in [0.15, 0.2) is 0 Å². The summed E-state index contributed by atoms with van der Waals surface area (Å²) in [5.74, 6) is 0.245. The molecule has 0 radical (unpaired) electrons. The number of nitrogens with zero attached hydrogens (tertiary/aromatic N) is 3. The fourth-order valence-electron chi connectivity index (χ4n) is 3.59. The maximum absolute atomic E-state index is 10.9. The van der Waals surface area contributed by atoms with Crippen LogP contribution in [0.1, 0.15) is 16.7 Å². The van der Waals surface area contributed by atoms with Crippen LogP contribution in [0.4, 0.5) is 5.69 Å². The van der Waals surface area contributed by atoms with Gasteiger partial charge in [-0.1, -0.05) is 42.5 Å². The number of amidine groups is 1. The van der Waals surface area contributed by atoms with Crippen LogP contribution in [0.5, 0.6) is 0 Å². The van der Waals surface area contributed by atoms with Gasteiger partial charge in [0.25, 0.3) is 0 Å². The van der Waals surface area contributed by atoms with Crippen molar-refractivity contribution in [3.63, 3.8) is 0 Å². The van der Waals surface area contributed by atoms with Gasteiger partial charge in [-0.3, -0.25) is 9.69 Å². The van der Waals surface area contributed by atoms with E-state index in [9.17, 15) is 4.79 Å². The van der Waals surface area contributed by atoms with E-state index in [2.05, 4.69) is 47.4 Å². The Hall–Kier alpha value is -2.66. The SMILES string of the molecule is O=C(O)CN1CCN(C2=Nc3ccccc3Cc3ccccc32)CC1. The van der Waals surface area contributed by atoms with Gasteiger partial charge >= 0.3 is 5.97 Å². The Morgan fingerprint density at radius 2 is 1.64 bits per heavy atom. The molecule has 1 N–H and O–H groups in total. The molecule has 2 heterocycles. The smallest absolute Gasteiger partial charge is 0.317 e. The van der Waals surface area contributed by atoms with E-state index in [0.29, 0.717) is 0 Å². The maximum atomic E-state index is 10.9. The van der Waals surface area contributed by atoms with Crippen LogP contribution >= 0.6 is 0 Å². The van der Waals surface area contributed by atoms with Crippen molar-refractivity contribution in [3.8, 4) is 0 Å². The van der Waals surface area contributed by atoms with Crippen molar-refractivity contribution in [2.75, 3.05) is 32.7 Å². The minimum Gasteiger partial charge on any atom is -0.480 e. The van der Waals surface area contributed by atoms with Crippen LogP contribution < -0.4 is 0 Å². The van der Waals surface area contributed by atoms with Gasteiger partial charge in [-0.05, 0) is 17.2 Å². The van der Waals surface area contributed by atoms with Crippen molar-refractivity contribution in [1.82, 2.24) is 9.80 Å². The number of para-hydroxylation sites is 1. The Morgan fingerprint density at radius 1 is 0.960 bits per heavy atom. The Balaban J connectivity index is 1.66. The van der Waals surface area contributed by atoms with E-state index in [4.69, 9.17) is 10.1 Å². The minimum absolute atomic E-state index is 0.111. The summed E-state index contributed by atoms with van der Waals surface area (Å²) < 4.78 is 0. The molecular formula is C20H21N3O2. The highest BCUT2D eigenvalue weighted by Gasteiger charge is 2.25. The van der Waals surface area contributed by atoms with Crippen molar-refractivity contribution < 1.29 is 9.90 Å². The van der Waals surface area contributed by atoms with Gasteiger partial charge in [-0.25, -0.2) is 4.99 Å². The average molecular weight is 335 g/mol. The molecule has 0 bridgehead atoms. The molecule has 0 saturated carbocycles. The van der Waals surface area contributed by atoms with Crippen LogP contribution in [0.15, 0.2) is 53.5 Å². The molecule has 1 fully saturated rings. The summed E-state index contributed by atoms with van der Waals surface area (Å²) >= 11 is 0. The first-order valence-electron chi connectivity index (χ1n) is 8.65. The lowest BCUT2D eigenvalue weighted by Gasteiger charge is -2.36. The molecule has 128 valence electrons. The van der Waals surface area contributed by atoms with Gasteiger partial charge in [0.2, 0.25) is 0 Å². The number of rotatable bonds is 2. The Kier molecular flexibility index (Phi) is 4.24. The largest absolute Gasteiger partial charge is 0.480 e. The number of hydrogen-bond acceptors (Lipinski definition) is 4. The molecule has 5 heteroatoms. The van der Waals surface area contributed by atoms with Gasteiger partial charge < -0.3 is 10.0 Å². The third-order valence-corrected chi connectivity index (χ3v) is 4.89. The molecule has 2 aromatic carbocycles. The van der Waals surface area contributed by atoms with E-state index in [0.717, 1.165) is 44.1 Å². The molecule has 2 aliphatic heterocycles. The zero-order valence-corrected chi connectivity index (χ0v) is 14.1. The molecule has 0 aliphatic carbocycles. The summed E-state index contributed by atoms with van der Waals surface area (Å²) in [7, 11) is 0. The van der Waals surface area contributed by atoms with E-state index in [-0.39, 0.29) is 6.54 Å². The number of aliphatic carboxylic acids is 1. The number of carboxylic acid groups (broad SMARTS) is 1. The number of aliphatic imine (C=N–C) groups is 1. The van der Waals surface area contributed by atoms with E-state index in [1.54, 1.807) is 0 Å². The molecular weight excluding hydrogens is 314 g/mol. The van der Waals surface area contributed by atoms with Gasteiger partial charge in [-0.15, -0.1) is 0 Å². The molecule has 1 saturated heterocycles. The molecule has 2 aliphatic rings. The Morgan fingerprint density at radius 3 is 2.40 bits per heavy atom. The topological polar surface area (TPSA) is 56.1 Å². The zero-order valence-electron chi connectivity index (χ0n) is 14.1. The lowest BCUT2D eigenvalue weighted by atomic mass is 9.99. The fraction of sp³-hybridized carbons (Fsp3) is 0.300. The lowest BCUT2D eigenvalue weighted by Crippen LogP contribution is -2.50. The van der Waals surface area contributed by atoms with Crippen molar-refractivity contribution >= 4 is 17.5 Å². The number of piperazine rings is 1. The predicted molar refractivity (Wildman–Crippen MR) is 97.5 cm³/mol. The molecule has 0 amide bonds. The van der Waals surface area contributed by atoms with Crippen molar-refractivity contribution in [1.29, 1.82) is 0 Å². The number of carboxylic acids is 1. The van der Waals surface area contributed by atoms with Crippen LogP contribution in [-0.4, -0.2) is 59.4 Å². The third-order valence-electron chi connectivity index (χ3n) is 4.89. The molecule has 0 spiro atoms. The minimum atomic E-state index is -0.764. The number of carbonyl (C=O) groups is 1. The Bertz CT molecular complexity index is 823. The van der Waals surface area contributed by atoms with Crippen molar-refractivity contribution in [3.05, 3.63) is 65.2 Å². The van der Waals surface area contributed by atoms with Crippen LogP contribution in [0.3, 0.4) is 0 Å². The van der Waals surface area contributed by atoms with Gasteiger partial charge in [0.1, 0.15) is 5.84 Å². The summed E-state index contributed by atoms with van der Waals surface area (Å²) in [4.78, 5) is 20.2. The highest BCUT2D eigenvalue weighted by atomic mass is 16.4. The third kappa shape index (κ3) is 3.28. The van der Waals surface area contributed by atoms with E-state index >= 15 is 0 Å². The maximum Gasteiger partial charge on any atom is 0.317 e. The summed E-state index contributed by atoms with van der Waals surface area (Å²) in [6, 6.07) is 16.8. The lowest BCUT2D eigenvalue weighted by molar-refractivity contribution is -0.138. The van der Waals surface area contributed by atoms with Crippen LogP contribution in [0, 0.1) is 0 Å². The second-order valence-electron chi connectivity index (χ2n) is 6.55. The fourth-order valence-corrected chi connectivity index (χ4v) is 3.59. The first kappa shape index (κ1) is 15.8. The highest BCUT2D eigenvalue weighted by molar-refractivity contribution is 6.02. The second kappa shape index (κ2) is 6.69. The van der Waals surface area contributed by atoms with Gasteiger partial charge in [0.05, 0.1) is 12.2 Å². The summed E-state index contributed by atoms with van der Waals surface area (Å²) in [6.45, 7) is 3.19. The van der Waals surface area contributed by atoms with Crippen molar-refractivity contribution in [2.24, 2.45) is 4.99 Å². The molecule has 4 rings (SSSR count). The molecule has 2 aromatic rings. The summed E-state index contributed by atoms with van der Waals surface area (Å²) in [6.07, 6.45) is 0.887. The van der Waals surface area contributed by atoms with Crippen molar-refractivity contribution in [2.45, 2.75) is 6.42 Å². The molecule has 0 aromatic heterocycles. The Labute approximate surface area is 147 Å². The quantitative estimate of drug-likeness (QED) is 0.915.